The van der Waals surface area contributed by atoms with Crippen molar-refractivity contribution in [3.8, 4) is 0 Å². The van der Waals surface area contributed by atoms with Gasteiger partial charge < -0.3 is 15.0 Å². The van der Waals surface area contributed by atoms with Gasteiger partial charge in [-0.05, 0) is 12.1 Å². The molecule has 2 N–H and O–H groups in total. The normalized spacial score (nSPS) is 10.2. The molecule has 2 aromatic rings. The molecule has 98 valence electrons. The minimum Gasteiger partial charge on any atom is -0.465 e. The molecule has 6 nitrogen and oxygen atoms in total. The van der Waals surface area contributed by atoms with Crippen molar-refractivity contribution in [2.75, 3.05) is 7.11 Å². The number of thiocarbonyl (C=S) groups is 1. The van der Waals surface area contributed by atoms with Gasteiger partial charge in [-0.1, -0.05) is 12.2 Å². The summed E-state index contributed by atoms with van der Waals surface area (Å²) in [4.78, 5) is 19.8. The molecule has 0 spiro atoms. The summed E-state index contributed by atoms with van der Waals surface area (Å²) in [6.45, 7) is 0.480. The smallest absolute Gasteiger partial charge is 0.339 e. The minimum absolute atomic E-state index is 0.233. The number of aromatic nitrogens is 3. The fourth-order valence-electron chi connectivity index (χ4n) is 1.59. The van der Waals surface area contributed by atoms with Crippen molar-refractivity contribution in [1.29, 1.82) is 0 Å². The molecule has 19 heavy (non-hydrogen) atoms. The van der Waals surface area contributed by atoms with E-state index < -0.39 is 5.97 Å². The van der Waals surface area contributed by atoms with E-state index in [0.717, 1.165) is 5.69 Å². The van der Waals surface area contributed by atoms with Crippen molar-refractivity contribution in [1.82, 2.24) is 14.5 Å². The van der Waals surface area contributed by atoms with Crippen LogP contribution in [-0.2, 0) is 11.3 Å². The number of carbonyl (C=O) groups excluding carboxylic acids is 1. The highest BCUT2D eigenvalue weighted by atomic mass is 32.1. The van der Waals surface area contributed by atoms with Crippen molar-refractivity contribution in [3.63, 3.8) is 0 Å². The van der Waals surface area contributed by atoms with Crippen LogP contribution < -0.4 is 5.73 Å². The molecular formula is C12H12N4O2S. The Bertz CT molecular complexity index is 606. The fourth-order valence-corrected chi connectivity index (χ4v) is 1.76. The van der Waals surface area contributed by atoms with E-state index in [0.29, 0.717) is 17.9 Å². The van der Waals surface area contributed by atoms with Gasteiger partial charge in [0, 0.05) is 18.6 Å². The second kappa shape index (κ2) is 5.57. The topological polar surface area (TPSA) is 83.0 Å². The Kier molecular flexibility index (Phi) is 3.86. The number of hydrogen-bond donors (Lipinski definition) is 1. The second-order valence-electron chi connectivity index (χ2n) is 3.77. The Morgan fingerprint density at radius 1 is 1.47 bits per heavy atom. The monoisotopic (exact) mass is 276 g/mol. The predicted octanol–water partition coefficient (Wildman–Crippen LogP) is 0.747. The summed E-state index contributed by atoms with van der Waals surface area (Å²) in [5.41, 5.74) is 6.74. The Labute approximate surface area is 115 Å². The van der Waals surface area contributed by atoms with Crippen LogP contribution in [0.2, 0.25) is 0 Å². The Morgan fingerprint density at radius 2 is 2.26 bits per heavy atom. The lowest BCUT2D eigenvalue weighted by Gasteiger charge is -2.06. The Hall–Kier alpha value is -2.28. The molecule has 0 unspecified atom stereocenters. The molecule has 0 bridgehead atoms. The first-order valence-electron chi connectivity index (χ1n) is 5.46. The third kappa shape index (κ3) is 2.94. The number of ether oxygens (including phenoxy) is 1. The highest BCUT2D eigenvalue weighted by Crippen LogP contribution is 2.06. The quantitative estimate of drug-likeness (QED) is 0.655. The molecule has 7 heteroatoms. The number of esters is 1. The lowest BCUT2D eigenvalue weighted by atomic mass is 10.2. The SMILES string of the molecule is COC(=O)c1ccc(Cn2ccnc2C(N)=S)nc1. The van der Waals surface area contributed by atoms with Gasteiger partial charge >= 0.3 is 5.97 Å². The number of pyridine rings is 1. The van der Waals surface area contributed by atoms with Gasteiger partial charge in [0.2, 0.25) is 0 Å². The minimum atomic E-state index is -0.412. The third-order valence-corrected chi connectivity index (χ3v) is 2.70. The van der Waals surface area contributed by atoms with Crippen LogP contribution in [0.1, 0.15) is 21.9 Å². The molecule has 2 heterocycles. The highest BCUT2D eigenvalue weighted by Gasteiger charge is 2.08. The van der Waals surface area contributed by atoms with Gasteiger partial charge in [-0.25, -0.2) is 9.78 Å². The summed E-state index contributed by atoms with van der Waals surface area (Å²) in [5, 5.41) is 0. The molecule has 0 atom stereocenters. The summed E-state index contributed by atoms with van der Waals surface area (Å²) < 4.78 is 6.40. The summed E-state index contributed by atoms with van der Waals surface area (Å²) >= 11 is 4.90. The maximum Gasteiger partial charge on any atom is 0.339 e. The van der Waals surface area contributed by atoms with E-state index in [1.54, 1.807) is 29.1 Å². The number of carbonyl (C=O) groups is 1. The predicted molar refractivity (Wildman–Crippen MR) is 72.8 cm³/mol. The summed E-state index contributed by atoms with van der Waals surface area (Å²) in [5.74, 6) is 0.124. The van der Waals surface area contributed by atoms with E-state index in [2.05, 4.69) is 14.7 Å². The van der Waals surface area contributed by atoms with Crippen LogP contribution in [0.3, 0.4) is 0 Å². The molecular weight excluding hydrogens is 264 g/mol. The van der Waals surface area contributed by atoms with Gasteiger partial charge in [0.05, 0.1) is 24.9 Å². The summed E-state index contributed by atoms with van der Waals surface area (Å²) in [6, 6.07) is 3.40. The van der Waals surface area contributed by atoms with Gasteiger partial charge in [-0.3, -0.25) is 4.98 Å². The van der Waals surface area contributed by atoms with Crippen molar-refractivity contribution < 1.29 is 9.53 Å². The van der Waals surface area contributed by atoms with Crippen LogP contribution in [0.25, 0.3) is 0 Å². The van der Waals surface area contributed by atoms with E-state index in [1.807, 2.05) is 0 Å². The van der Waals surface area contributed by atoms with Crippen LogP contribution in [0, 0.1) is 0 Å². The number of nitrogens with zero attached hydrogens (tertiary/aromatic N) is 3. The third-order valence-electron chi connectivity index (χ3n) is 2.51. The van der Waals surface area contributed by atoms with E-state index in [1.165, 1.54) is 13.3 Å². The van der Waals surface area contributed by atoms with Crippen molar-refractivity contribution >= 4 is 23.2 Å². The molecule has 0 saturated carbocycles. The molecule has 0 aliphatic rings. The zero-order chi connectivity index (χ0) is 13.8. The number of rotatable bonds is 4. The van der Waals surface area contributed by atoms with Crippen molar-refractivity contribution in [3.05, 3.63) is 47.8 Å². The van der Waals surface area contributed by atoms with Crippen molar-refractivity contribution in [2.45, 2.75) is 6.54 Å². The lowest BCUT2D eigenvalue weighted by Crippen LogP contribution is -2.17. The van der Waals surface area contributed by atoms with Crippen LogP contribution in [-0.4, -0.2) is 32.6 Å². The van der Waals surface area contributed by atoms with Gasteiger partial charge in [-0.2, -0.15) is 0 Å². The average Bonchev–Trinajstić information content (AvgIpc) is 2.87. The Morgan fingerprint density at radius 3 is 2.84 bits per heavy atom. The summed E-state index contributed by atoms with van der Waals surface area (Å²) in [7, 11) is 1.33. The van der Waals surface area contributed by atoms with E-state index in [4.69, 9.17) is 18.0 Å². The molecule has 0 fully saturated rings. The van der Waals surface area contributed by atoms with Crippen molar-refractivity contribution in [2.24, 2.45) is 5.73 Å². The zero-order valence-corrected chi connectivity index (χ0v) is 11.1. The first-order valence-corrected chi connectivity index (χ1v) is 5.87. The fraction of sp³-hybridized carbons (Fsp3) is 0.167. The first-order chi connectivity index (χ1) is 9.11. The molecule has 2 aromatic heterocycles. The maximum atomic E-state index is 11.3. The Balaban J connectivity index is 2.17. The van der Waals surface area contributed by atoms with Gasteiger partial charge in [0.25, 0.3) is 0 Å². The molecule has 0 aliphatic heterocycles. The average molecular weight is 276 g/mol. The molecule has 0 aromatic carbocycles. The highest BCUT2D eigenvalue weighted by molar-refractivity contribution is 7.80. The lowest BCUT2D eigenvalue weighted by molar-refractivity contribution is 0.0600. The maximum absolute atomic E-state index is 11.3. The van der Waals surface area contributed by atoms with Gasteiger partial charge in [0.15, 0.2) is 5.82 Å². The zero-order valence-electron chi connectivity index (χ0n) is 10.2. The number of hydrogen-bond acceptors (Lipinski definition) is 5. The second-order valence-corrected chi connectivity index (χ2v) is 4.21. The first kappa shape index (κ1) is 13.2. The molecule has 0 aliphatic carbocycles. The molecule has 0 amide bonds. The molecule has 0 saturated heterocycles. The number of imidazole rings is 1. The van der Waals surface area contributed by atoms with Crippen LogP contribution >= 0.6 is 12.2 Å². The van der Waals surface area contributed by atoms with Crippen LogP contribution in [0.15, 0.2) is 30.7 Å². The van der Waals surface area contributed by atoms with Gasteiger partial charge in [-0.15, -0.1) is 0 Å². The standard InChI is InChI=1S/C12H12N4O2S/c1-18-12(17)8-2-3-9(15-6-8)7-16-5-4-14-11(16)10(13)19/h2-6H,7H2,1H3,(H2,13,19). The summed E-state index contributed by atoms with van der Waals surface area (Å²) in [6.07, 6.45) is 4.86. The van der Waals surface area contributed by atoms with Crippen LogP contribution in [0.4, 0.5) is 0 Å². The number of nitrogens with two attached hydrogens (primary N) is 1. The van der Waals surface area contributed by atoms with E-state index in [-0.39, 0.29) is 4.99 Å². The van der Waals surface area contributed by atoms with Crippen LogP contribution in [0.5, 0.6) is 0 Å². The molecule has 2 rings (SSSR count). The number of methoxy groups -OCH3 is 1. The van der Waals surface area contributed by atoms with E-state index >= 15 is 0 Å². The largest absolute Gasteiger partial charge is 0.465 e. The molecule has 0 radical (unpaired) electrons. The van der Waals surface area contributed by atoms with Gasteiger partial charge in [0.1, 0.15) is 4.99 Å². The van der Waals surface area contributed by atoms with E-state index in [9.17, 15) is 4.79 Å².